The number of hydrogen-bond donors (Lipinski definition) is 2. The monoisotopic (exact) mass is 466 g/mol. The number of hydrogen-bond acceptors (Lipinski definition) is 7. The van der Waals surface area contributed by atoms with Gasteiger partial charge in [-0.15, -0.1) is 0 Å². The van der Waals surface area contributed by atoms with Crippen LogP contribution in [0.3, 0.4) is 0 Å². The number of ether oxygens (including phenoxy) is 2. The Kier molecular flexibility index (Phi) is 8.88. The maximum Gasteiger partial charge on any atom is 0.326 e. The van der Waals surface area contributed by atoms with E-state index < -0.39 is 17.9 Å². The van der Waals surface area contributed by atoms with E-state index in [9.17, 15) is 19.5 Å². The standard InChI is InChI=1S/C21H26N2O6S2/c1-12(2)9-14(20(26)27)22-18(24)7-8-23-19(25)17(31-21(23)30)11-13-5-6-15(28-3)16(10-13)29-4/h5-6,10-12,14H,7-9H2,1-4H3,(H,22,24)(H,26,27)/b17-11-. The SMILES string of the molecule is COc1ccc(/C=C2\SC(=S)N(CCC(=O)NC(CC(C)C)C(=O)O)C2=O)cc1OC. The molecule has 0 bridgehead atoms. The van der Waals surface area contributed by atoms with Gasteiger partial charge >= 0.3 is 5.97 Å². The zero-order valence-electron chi connectivity index (χ0n) is 17.8. The Labute approximate surface area is 191 Å². The van der Waals surface area contributed by atoms with Crippen molar-refractivity contribution >= 4 is 52.2 Å². The minimum Gasteiger partial charge on any atom is -0.493 e. The van der Waals surface area contributed by atoms with Gasteiger partial charge in [-0.1, -0.05) is 43.9 Å². The van der Waals surface area contributed by atoms with Crippen LogP contribution in [0.1, 0.15) is 32.3 Å². The van der Waals surface area contributed by atoms with Gasteiger partial charge in [-0.25, -0.2) is 4.79 Å². The topological polar surface area (TPSA) is 105 Å². The van der Waals surface area contributed by atoms with Gasteiger partial charge in [-0.2, -0.15) is 0 Å². The first-order valence-corrected chi connectivity index (χ1v) is 10.9. The predicted molar refractivity (Wildman–Crippen MR) is 123 cm³/mol. The van der Waals surface area contributed by atoms with Gasteiger partial charge < -0.3 is 19.9 Å². The summed E-state index contributed by atoms with van der Waals surface area (Å²) in [4.78, 5) is 38.1. The van der Waals surface area contributed by atoms with E-state index in [1.54, 1.807) is 31.4 Å². The maximum absolute atomic E-state index is 12.8. The Morgan fingerprint density at radius 2 is 1.94 bits per heavy atom. The molecule has 31 heavy (non-hydrogen) atoms. The number of carbonyl (C=O) groups is 3. The van der Waals surface area contributed by atoms with Crippen molar-refractivity contribution in [3.63, 3.8) is 0 Å². The highest BCUT2D eigenvalue weighted by molar-refractivity contribution is 8.26. The molecule has 8 nitrogen and oxygen atoms in total. The largest absolute Gasteiger partial charge is 0.493 e. The van der Waals surface area contributed by atoms with Crippen LogP contribution in [0.5, 0.6) is 11.5 Å². The van der Waals surface area contributed by atoms with Crippen LogP contribution in [0, 0.1) is 5.92 Å². The number of rotatable bonds is 10. The molecule has 168 valence electrons. The second-order valence-corrected chi connectivity index (χ2v) is 8.96. The van der Waals surface area contributed by atoms with Gasteiger partial charge in [0.2, 0.25) is 5.91 Å². The minimum atomic E-state index is -1.08. The van der Waals surface area contributed by atoms with Crippen LogP contribution >= 0.6 is 24.0 Å². The lowest BCUT2D eigenvalue weighted by atomic mass is 10.0. The van der Waals surface area contributed by atoms with Crippen LogP contribution in [0.4, 0.5) is 0 Å². The molecule has 1 saturated heterocycles. The zero-order chi connectivity index (χ0) is 23.1. The minimum absolute atomic E-state index is 0.0437. The summed E-state index contributed by atoms with van der Waals surface area (Å²) < 4.78 is 10.8. The Morgan fingerprint density at radius 3 is 2.52 bits per heavy atom. The van der Waals surface area contributed by atoms with Crippen LogP contribution in [-0.2, 0) is 14.4 Å². The molecule has 2 amide bonds. The maximum atomic E-state index is 12.8. The van der Waals surface area contributed by atoms with E-state index >= 15 is 0 Å². The van der Waals surface area contributed by atoms with Gasteiger partial charge in [0.1, 0.15) is 10.4 Å². The lowest BCUT2D eigenvalue weighted by Crippen LogP contribution is -2.43. The highest BCUT2D eigenvalue weighted by atomic mass is 32.2. The number of benzene rings is 1. The molecule has 1 aliphatic rings. The summed E-state index contributed by atoms with van der Waals surface area (Å²) in [5, 5.41) is 11.8. The molecule has 0 aromatic heterocycles. The normalized spacial score (nSPS) is 16.0. The van der Waals surface area contributed by atoms with Crippen molar-refractivity contribution < 1.29 is 29.0 Å². The average molecular weight is 467 g/mol. The van der Waals surface area contributed by atoms with Gasteiger partial charge in [0, 0.05) is 13.0 Å². The number of nitrogens with one attached hydrogen (secondary N) is 1. The lowest BCUT2D eigenvalue weighted by Gasteiger charge is -2.18. The number of aliphatic carboxylic acids is 1. The highest BCUT2D eigenvalue weighted by Crippen LogP contribution is 2.34. The van der Waals surface area contributed by atoms with Gasteiger partial charge in [0.05, 0.1) is 19.1 Å². The summed E-state index contributed by atoms with van der Waals surface area (Å²) >= 11 is 6.44. The van der Waals surface area contributed by atoms with E-state index in [-0.39, 0.29) is 24.8 Å². The van der Waals surface area contributed by atoms with Gasteiger partial charge in [0.25, 0.3) is 5.91 Å². The summed E-state index contributed by atoms with van der Waals surface area (Å²) in [5.74, 6) is -0.575. The molecule has 10 heteroatoms. The van der Waals surface area contributed by atoms with Crippen LogP contribution < -0.4 is 14.8 Å². The fourth-order valence-corrected chi connectivity index (χ4v) is 4.27. The number of carboxylic acid groups (broad SMARTS) is 1. The molecule has 2 N–H and O–H groups in total. The third kappa shape index (κ3) is 6.70. The van der Waals surface area contributed by atoms with Crippen molar-refractivity contribution in [2.45, 2.75) is 32.7 Å². The van der Waals surface area contributed by atoms with E-state index in [1.807, 2.05) is 13.8 Å². The lowest BCUT2D eigenvalue weighted by molar-refractivity contribution is -0.142. The number of carboxylic acids is 1. The van der Waals surface area contributed by atoms with Crippen molar-refractivity contribution in [1.82, 2.24) is 10.2 Å². The fourth-order valence-electron chi connectivity index (χ4n) is 2.96. The summed E-state index contributed by atoms with van der Waals surface area (Å²) in [6.45, 7) is 3.84. The Morgan fingerprint density at radius 1 is 1.26 bits per heavy atom. The molecular weight excluding hydrogens is 440 g/mol. The first-order valence-electron chi connectivity index (χ1n) is 9.65. The molecule has 1 fully saturated rings. The Balaban J connectivity index is 2.03. The number of thioether (sulfide) groups is 1. The van der Waals surface area contributed by atoms with Gasteiger partial charge in [-0.3, -0.25) is 14.5 Å². The van der Waals surface area contributed by atoms with E-state index in [4.69, 9.17) is 21.7 Å². The summed E-state index contributed by atoms with van der Waals surface area (Å²) in [6.07, 6.45) is 1.98. The van der Waals surface area contributed by atoms with Crippen molar-refractivity contribution in [2.24, 2.45) is 5.92 Å². The van der Waals surface area contributed by atoms with Crippen molar-refractivity contribution in [1.29, 1.82) is 0 Å². The molecule has 1 heterocycles. The second kappa shape index (κ2) is 11.1. The van der Waals surface area contributed by atoms with Crippen molar-refractivity contribution in [3.8, 4) is 11.5 Å². The molecule has 1 unspecified atom stereocenters. The summed E-state index contributed by atoms with van der Waals surface area (Å²) in [7, 11) is 3.07. The van der Waals surface area contributed by atoms with E-state index in [1.165, 1.54) is 12.0 Å². The summed E-state index contributed by atoms with van der Waals surface area (Å²) in [5.41, 5.74) is 0.744. The third-order valence-corrected chi connectivity index (χ3v) is 5.86. The Hall–Kier alpha value is -2.59. The van der Waals surface area contributed by atoms with Crippen LogP contribution in [0.15, 0.2) is 23.1 Å². The molecule has 0 saturated carbocycles. The quantitative estimate of drug-likeness (QED) is 0.401. The molecule has 1 aromatic rings. The molecule has 0 radical (unpaired) electrons. The number of carbonyl (C=O) groups excluding carboxylic acids is 2. The average Bonchev–Trinajstić information content (AvgIpc) is 2.97. The molecule has 0 spiro atoms. The highest BCUT2D eigenvalue weighted by Gasteiger charge is 2.32. The first-order chi connectivity index (χ1) is 14.7. The number of thiocarbonyl (C=S) groups is 1. The van der Waals surface area contributed by atoms with Crippen LogP contribution in [0.2, 0.25) is 0 Å². The number of amides is 2. The van der Waals surface area contributed by atoms with E-state index in [2.05, 4.69) is 5.32 Å². The predicted octanol–water partition coefficient (Wildman–Crippen LogP) is 2.91. The summed E-state index contributed by atoms with van der Waals surface area (Å²) in [6, 6.07) is 4.33. The molecular formula is C21H26N2O6S2. The molecule has 2 rings (SSSR count). The van der Waals surface area contributed by atoms with E-state index in [0.29, 0.717) is 27.1 Å². The number of methoxy groups -OCH3 is 2. The third-order valence-electron chi connectivity index (χ3n) is 4.48. The van der Waals surface area contributed by atoms with Crippen LogP contribution in [-0.4, -0.2) is 58.9 Å². The smallest absolute Gasteiger partial charge is 0.326 e. The van der Waals surface area contributed by atoms with E-state index in [0.717, 1.165) is 17.3 Å². The van der Waals surface area contributed by atoms with Crippen LogP contribution in [0.25, 0.3) is 6.08 Å². The van der Waals surface area contributed by atoms with Crippen molar-refractivity contribution in [3.05, 3.63) is 28.7 Å². The second-order valence-electron chi connectivity index (χ2n) is 7.29. The van der Waals surface area contributed by atoms with Gasteiger partial charge in [0.15, 0.2) is 11.5 Å². The molecule has 1 atom stereocenters. The number of nitrogens with zero attached hydrogens (tertiary/aromatic N) is 1. The van der Waals surface area contributed by atoms with Gasteiger partial charge in [-0.05, 0) is 36.1 Å². The fraction of sp³-hybridized carbons (Fsp3) is 0.429. The molecule has 0 aliphatic carbocycles. The zero-order valence-corrected chi connectivity index (χ0v) is 19.5. The first kappa shape index (κ1) is 24.7. The molecule has 1 aliphatic heterocycles. The molecule has 1 aromatic carbocycles. The van der Waals surface area contributed by atoms with Crippen molar-refractivity contribution in [2.75, 3.05) is 20.8 Å². The Bertz CT molecular complexity index is 900.